The number of piperidine rings is 1. The minimum absolute atomic E-state index is 0.0635. The van der Waals surface area contributed by atoms with Crippen LogP contribution < -0.4 is 10.2 Å². The van der Waals surface area contributed by atoms with Gasteiger partial charge in [-0.1, -0.05) is 0 Å². The second-order valence-corrected chi connectivity index (χ2v) is 5.64. The third-order valence-electron chi connectivity index (χ3n) is 3.31. The molecule has 1 aliphatic heterocycles. The fourth-order valence-corrected chi connectivity index (χ4v) is 2.61. The molecule has 1 aromatic heterocycles. The van der Waals surface area contributed by atoms with Gasteiger partial charge in [0, 0.05) is 37.2 Å². The van der Waals surface area contributed by atoms with Crippen molar-refractivity contribution in [1.82, 2.24) is 10.3 Å². The number of anilines is 1. The monoisotopic (exact) mass is 311 g/mol. The first kappa shape index (κ1) is 13.3. The summed E-state index contributed by atoms with van der Waals surface area (Å²) in [6.45, 7) is 4.44. The highest BCUT2D eigenvalue weighted by Gasteiger charge is 2.19. The molecule has 1 aliphatic rings. The van der Waals surface area contributed by atoms with Gasteiger partial charge in [0.25, 0.3) is 0 Å². The molecule has 4 nitrogen and oxygen atoms in total. The van der Waals surface area contributed by atoms with E-state index in [0.717, 1.165) is 36.9 Å². The van der Waals surface area contributed by atoms with Gasteiger partial charge in [-0.3, -0.25) is 9.78 Å². The van der Waals surface area contributed by atoms with E-state index in [2.05, 4.69) is 37.2 Å². The average Bonchev–Trinajstić information content (AvgIpc) is 2.37. The van der Waals surface area contributed by atoms with E-state index in [0.29, 0.717) is 5.92 Å². The fourth-order valence-electron chi connectivity index (χ4n) is 2.26. The van der Waals surface area contributed by atoms with Gasteiger partial charge in [0.15, 0.2) is 0 Å². The summed E-state index contributed by atoms with van der Waals surface area (Å²) in [5.41, 5.74) is 1.17. The number of nitrogens with one attached hydrogen (secondary N) is 1. The summed E-state index contributed by atoms with van der Waals surface area (Å²) in [4.78, 5) is 17.4. The van der Waals surface area contributed by atoms with Crippen LogP contribution in [0.5, 0.6) is 0 Å². The summed E-state index contributed by atoms with van der Waals surface area (Å²) in [6.07, 6.45) is 5.94. The highest BCUT2D eigenvalue weighted by Crippen LogP contribution is 2.24. The molecule has 98 valence electrons. The number of halogens is 1. The minimum atomic E-state index is 0.0635. The van der Waals surface area contributed by atoms with Crippen LogP contribution in [0.4, 0.5) is 5.69 Å². The zero-order chi connectivity index (χ0) is 13.0. The van der Waals surface area contributed by atoms with E-state index < -0.39 is 0 Å². The van der Waals surface area contributed by atoms with E-state index in [1.165, 1.54) is 5.69 Å². The van der Waals surface area contributed by atoms with Crippen molar-refractivity contribution in [2.24, 2.45) is 5.92 Å². The zero-order valence-electron chi connectivity index (χ0n) is 10.5. The van der Waals surface area contributed by atoms with Gasteiger partial charge in [-0.25, -0.2) is 0 Å². The van der Waals surface area contributed by atoms with Crippen LogP contribution >= 0.6 is 15.9 Å². The van der Waals surface area contributed by atoms with Crippen LogP contribution in [-0.2, 0) is 4.79 Å². The van der Waals surface area contributed by atoms with Gasteiger partial charge in [0.1, 0.15) is 0 Å². The van der Waals surface area contributed by atoms with Gasteiger partial charge < -0.3 is 10.2 Å². The number of carbonyl (C=O) groups is 1. The summed E-state index contributed by atoms with van der Waals surface area (Å²) >= 11 is 3.44. The van der Waals surface area contributed by atoms with Crippen molar-refractivity contribution in [1.29, 1.82) is 0 Å². The lowest BCUT2D eigenvalue weighted by molar-refractivity contribution is -0.119. The van der Waals surface area contributed by atoms with Crippen molar-refractivity contribution >= 4 is 27.5 Å². The third-order valence-corrected chi connectivity index (χ3v) is 3.74. The fraction of sp³-hybridized carbons (Fsp3) is 0.538. The molecule has 0 radical (unpaired) electrons. The molecule has 0 bridgehead atoms. The maximum absolute atomic E-state index is 10.9. The quantitative estimate of drug-likeness (QED) is 0.930. The summed E-state index contributed by atoms with van der Waals surface area (Å²) < 4.78 is 1.01. The highest BCUT2D eigenvalue weighted by atomic mass is 79.9. The van der Waals surface area contributed by atoms with Gasteiger partial charge in [-0.2, -0.15) is 0 Å². The van der Waals surface area contributed by atoms with E-state index in [4.69, 9.17) is 0 Å². The number of carbonyl (C=O) groups excluding carboxylic acids is 1. The number of hydrogen-bond donors (Lipinski definition) is 1. The maximum Gasteiger partial charge on any atom is 0.216 e. The lowest BCUT2D eigenvalue weighted by atomic mass is 9.96. The Morgan fingerprint density at radius 2 is 2.22 bits per heavy atom. The molecule has 0 saturated carbocycles. The largest absolute Gasteiger partial charge is 0.370 e. The molecule has 1 amide bonds. The molecule has 0 spiro atoms. The van der Waals surface area contributed by atoms with Gasteiger partial charge in [0.05, 0.1) is 11.9 Å². The number of hydrogen-bond acceptors (Lipinski definition) is 3. The molecule has 1 saturated heterocycles. The molecular weight excluding hydrogens is 294 g/mol. The van der Waals surface area contributed by atoms with Crippen molar-refractivity contribution in [3.63, 3.8) is 0 Å². The smallest absolute Gasteiger partial charge is 0.216 e. The molecule has 5 heteroatoms. The molecule has 2 heterocycles. The topological polar surface area (TPSA) is 45.2 Å². The van der Waals surface area contributed by atoms with Gasteiger partial charge in [-0.05, 0) is 40.8 Å². The lowest BCUT2D eigenvalue weighted by Crippen LogP contribution is -2.38. The summed E-state index contributed by atoms with van der Waals surface area (Å²) in [5.74, 6) is 0.666. The predicted octanol–water partition coefficient (Wildman–Crippen LogP) is 2.20. The first-order chi connectivity index (χ1) is 8.65. The Kier molecular flexibility index (Phi) is 4.58. The van der Waals surface area contributed by atoms with Crippen molar-refractivity contribution in [3.8, 4) is 0 Å². The van der Waals surface area contributed by atoms with Crippen LogP contribution in [-0.4, -0.2) is 30.5 Å². The third kappa shape index (κ3) is 3.70. The van der Waals surface area contributed by atoms with Crippen LogP contribution in [0.25, 0.3) is 0 Å². The highest BCUT2D eigenvalue weighted by molar-refractivity contribution is 9.10. The van der Waals surface area contributed by atoms with Crippen molar-refractivity contribution < 1.29 is 4.79 Å². The van der Waals surface area contributed by atoms with Crippen molar-refractivity contribution in [3.05, 3.63) is 22.9 Å². The Morgan fingerprint density at radius 3 is 2.83 bits per heavy atom. The predicted molar refractivity (Wildman–Crippen MR) is 75.6 cm³/mol. The first-order valence-electron chi connectivity index (χ1n) is 6.25. The zero-order valence-corrected chi connectivity index (χ0v) is 12.1. The van der Waals surface area contributed by atoms with Gasteiger partial charge in [0.2, 0.25) is 5.91 Å². The van der Waals surface area contributed by atoms with E-state index >= 15 is 0 Å². The van der Waals surface area contributed by atoms with E-state index in [1.54, 1.807) is 13.1 Å². The number of amides is 1. The van der Waals surface area contributed by atoms with Crippen LogP contribution in [0.3, 0.4) is 0 Å². The molecule has 0 aliphatic carbocycles. The molecule has 1 aromatic rings. The summed E-state index contributed by atoms with van der Waals surface area (Å²) in [6, 6.07) is 2.10. The van der Waals surface area contributed by atoms with Gasteiger partial charge >= 0.3 is 0 Å². The van der Waals surface area contributed by atoms with E-state index in [-0.39, 0.29) is 5.91 Å². The molecule has 0 unspecified atom stereocenters. The Hall–Kier alpha value is -1.10. The van der Waals surface area contributed by atoms with Crippen LogP contribution in [0.1, 0.15) is 19.8 Å². The Morgan fingerprint density at radius 1 is 1.50 bits per heavy atom. The van der Waals surface area contributed by atoms with Crippen molar-refractivity contribution in [2.75, 3.05) is 24.5 Å². The Labute approximate surface area is 116 Å². The minimum Gasteiger partial charge on any atom is -0.370 e. The SMILES string of the molecule is CC(=O)NCC1CCN(c2cncc(Br)c2)CC1. The first-order valence-corrected chi connectivity index (χ1v) is 7.04. The second kappa shape index (κ2) is 6.18. The summed E-state index contributed by atoms with van der Waals surface area (Å²) in [7, 11) is 0. The molecule has 1 fully saturated rings. The number of pyridine rings is 1. The number of nitrogens with zero attached hydrogens (tertiary/aromatic N) is 2. The lowest BCUT2D eigenvalue weighted by Gasteiger charge is -2.33. The number of aromatic nitrogens is 1. The molecule has 0 aromatic carbocycles. The normalized spacial score (nSPS) is 16.7. The van der Waals surface area contributed by atoms with Crippen LogP contribution in [0.2, 0.25) is 0 Å². The molecule has 18 heavy (non-hydrogen) atoms. The van der Waals surface area contributed by atoms with Crippen LogP contribution in [0, 0.1) is 5.92 Å². The Balaban J connectivity index is 1.85. The summed E-state index contributed by atoms with van der Waals surface area (Å²) in [5, 5.41) is 2.90. The van der Waals surface area contributed by atoms with E-state index in [9.17, 15) is 4.79 Å². The molecular formula is C13H18BrN3O. The molecule has 0 atom stereocenters. The second-order valence-electron chi connectivity index (χ2n) is 4.73. The molecule has 2 rings (SSSR count). The van der Waals surface area contributed by atoms with E-state index in [1.807, 2.05) is 6.20 Å². The molecule has 1 N–H and O–H groups in total. The maximum atomic E-state index is 10.9. The average molecular weight is 312 g/mol. The van der Waals surface area contributed by atoms with Crippen molar-refractivity contribution in [2.45, 2.75) is 19.8 Å². The standard InChI is InChI=1S/C13H18BrN3O/c1-10(18)16-7-11-2-4-17(5-3-11)13-6-12(14)8-15-9-13/h6,8-9,11H,2-5,7H2,1H3,(H,16,18). The van der Waals surface area contributed by atoms with Gasteiger partial charge in [-0.15, -0.1) is 0 Å². The van der Waals surface area contributed by atoms with Crippen LogP contribution in [0.15, 0.2) is 22.9 Å². The number of rotatable bonds is 3. The Bertz CT molecular complexity index is 416.